The summed E-state index contributed by atoms with van der Waals surface area (Å²) in [6.45, 7) is 9.38. The van der Waals surface area contributed by atoms with Crippen LogP contribution in [0.4, 0.5) is 0 Å². The van der Waals surface area contributed by atoms with E-state index in [0.29, 0.717) is 12.2 Å². The summed E-state index contributed by atoms with van der Waals surface area (Å²) >= 11 is 0. The number of amides is 1. The first kappa shape index (κ1) is 26.3. The highest BCUT2D eigenvalue weighted by Gasteiger charge is 2.15. The molecule has 0 aliphatic heterocycles. The number of nitrogens with two attached hydrogens (primary N) is 1. The Bertz CT molecular complexity index is 1050. The average Bonchev–Trinajstić information content (AvgIpc) is 2.85. The summed E-state index contributed by atoms with van der Waals surface area (Å²) in [6, 6.07) is 23.8. The first-order valence-electron chi connectivity index (χ1n) is 12.6. The molecule has 0 aliphatic carbocycles. The van der Waals surface area contributed by atoms with E-state index in [4.69, 9.17) is 15.2 Å². The van der Waals surface area contributed by atoms with Gasteiger partial charge in [0.25, 0.3) is 0 Å². The molecule has 4 nitrogen and oxygen atoms in total. The second kappa shape index (κ2) is 12.4. The maximum atomic E-state index is 11.4. The molecule has 0 spiro atoms. The van der Waals surface area contributed by atoms with E-state index in [1.807, 2.05) is 36.4 Å². The molecule has 0 saturated carbocycles. The molecule has 1 atom stereocenters. The standard InChI is InChI=1S/C31H39NO3/c1-5-6-7-8-9-29(24-12-14-25(15-13-24)30(32)33)35-28-20-18-27(19-21-28)34-22-23-10-16-26(17-11-23)31(2,3)4/h10-21,29H,5-9,22H2,1-4H3,(H2,32,33). The van der Waals surface area contributed by atoms with Crippen LogP contribution in [0.2, 0.25) is 0 Å². The Balaban J connectivity index is 1.62. The molecule has 1 unspecified atom stereocenters. The van der Waals surface area contributed by atoms with Crippen LogP contribution in [0.3, 0.4) is 0 Å². The number of rotatable bonds is 12. The third-order valence-electron chi connectivity index (χ3n) is 6.21. The molecule has 0 heterocycles. The van der Waals surface area contributed by atoms with Crippen molar-refractivity contribution in [3.63, 3.8) is 0 Å². The zero-order valence-corrected chi connectivity index (χ0v) is 21.6. The molecule has 3 aromatic carbocycles. The fourth-order valence-electron chi connectivity index (χ4n) is 3.96. The molecule has 0 bridgehead atoms. The molecule has 4 heteroatoms. The summed E-state index contributed by atoms with van der Waals surface area (Å²) in [7, 11) is 0. The Morgan fingerprint density at radius 1 is 0.829 bits per heavy atom. The average molecular weight is 474 g/mol. The number of hydrogen-bond donors (Lipinski definition) is 1. The van der Waals surface area contributed by atoms with Crippen LogP contribution in [0.1, 0.15) is 93.0 Å². The zero-order chi connectivity index (χ0) is 25.3. The molecule has 0 saturated heterocycles. The van der Waals surface area contributed by atoms with Crippen molar-refractivity contribution in [3.8, 4) is 11.5 Å². The van der Waals surface area contributed by atoms with Gasteiger partial charge in [-0.1, -0.05) is 83.4 Å². The van der Waals surface area contributed by atoms with E-state index in [2.05, 4.69) is 52.0 Å². The SMILES string of the molecule is CCCCCCC(Oc1ccc(OCc2ccc(C(C)(C)C)cc2)cc1)c1ccc(C(N)=O)cc1. The highest BCUT2D eigenvalue weighted by molar-refractivity contribution is 5.92. The molecule has 3 aromatic rings. The van der Waals surface area contributed by atoms with E-state index < -0.39 is 5.91 Å². The van der Waals surface area contributed by atoms with Gasteiger partial charge in [0.2, 0.25) is 5.91 Å². The molecular formula is C31H39NO3. The molecule has 0 aliphatic rings. The van der Waals surface area contributed by atoms with Gasteiger partial charge in [-0.15, -0.1) is 0 Å². The van der Waals surface area contributed by atoms with Crippen LogP contribution in [0.5, 0.6) is 11.5 Å². The van der Waals surface area contributed by atoms with E-state index >= 15 is 0 Å². The summed E-state index contributed by atoms with van der Waals surface area (Å²) in [4.78, 5) is 11.4. The monoisotopic (exact) mass is 473 g/mol. The molecule has 35 heavy (non-hydrogen) atoms. The van der Waals surface area contributed by atoms with Gasteiger partial charge >= 0.3 is 0 Å². The second-order valence-electron chi connectivity index (χ2n) is 10.1. The van der Waals surface area contributed by atoms with Gasteiger partial charge in [-0.05, 0) is 71.3 Å². The Morgan fingerprint density at radius 3 is 2.03 bits per heavy atom. The van der Waals surface area contributed by atoms with Gasteiger partial charge in [0.15, 0.2) is 0 Å². The van der Waals surface area contributed by atoms with Crippen molar-refractivity contribution in [1.29, 1.82) is 0 Å². The van der Waals surface area contributed by atoms with E-state index in [9.17, 15) is 4.79 Å². The first-order valence-corrected chi connectivity index (χ1v) is 12.6. The number of unbranched alkanes of at least 4 members (excludes halogenated alkanes) is 3. The smallest absolute Gasteiger partial charge is 0.248 e. The Labute approximate surface area is 210 Å². The summed E-state index contributed by atoms with van der Waals surface area (Å²) in [6.07, 6.45) is 5.52. The van der Waals surface area contributed by atoms with Crippen molar-refractivity contribution < 1.29 is 14.3 Å². The predicted molar refractivity (Wildman–Crippen MR) is 143 cm³/mol. The molecular weight excluding hydrogens is 434 g/mol. The predicted octanol–water partition coefficient (Wildman–Crippen LogP) is 7.75. The van der Waals surface area contributed by atoms with Gasteiger partial charge in [0.1, 0.15) is 24.2 Å². The van der Waals surface area contributed by atoms with Crippen molar-refractivity contribution in [1.82, 2.24) is 0 Å². The minimum absolute atomic E-state index is 0.0816. The highest BCUT2D eigenvalue weighted by Crippen LogP contribution is 2.29. The maximum absolute atomic E-state index is 11.4. The molecule has 186 valence electrons. The number of carbonyl (C=O) groups excluding carboxylic acids is 1. The Kier molecular flexibility index (Phi) is 9.36. The van der Waals surface area contributed by atoms with Crippen LogP contribution in [0, 0.1) is 0 Å². The van der Waals surface area contributed by atoms with Crippen LogP contribution in [0.25, 0.3) is 0 Å². The summed E-state index contributed by atoms with van der Waals surface area (Å²) in [5.74, 6) is 1.19. The molecule has 0 radical (unpaired) electrons. The van der Waals surface area contributed by atoms with Crippen LogP contribution >= 0.6 is 0 Å². The van der Waals surface area contributed by atoms with E-state index in [1.165, 1.54) is 24.8 Å². The maximum Gasteiger partial charge on any atom is 0.248 e. The largest absolute Gasteiger partial charge is 0.489 e. The lowest BCUT2D eigenvalue weighted by Crippen LogP contribution is -2.12. The van der Waals surface area contributed by atoms with E-state index in [1.54, 1.807) is 12.1 Å². The molecule has 3 rings (SSSR count). The normalized spacial score (nSPS) is 12.2. The Morgan fingerprint density at radius 2 is 1.46 bits per heavy atom. The zero-order valence-electron chi connectivity index (χ0n) is 21.6. The van der Waals surface area contributed by atoms with Gasteiger partial charge in [-0.2, -0.15) is 0 Å². The van der Waals surface area contributed by atoms with E-state index in [-0.39, 0.29) is 11.5 Å². The Hall–Kier alpha value is -3.27. The van der Waals surface area contributed by atoms with Crippen LogP contribution < -0.4 is 15.2 Å². The number of hydrogen-bond acceptors (Lipinski definition) is 3. The fourth-order valence-corrected chi connectivity index (χ4v) is 3.96. The third kappa shape index (κ3) is 8.17. The lowest BCUT2D eigenvalue weighted by atomic mass is 9.87. The topological polar surface area (TPSA) is 61.6 Å². The molecule has 0 fully saturated rings. The van der Waals surface area contributed by atoms with Crippen molar-refractivity contribution in [3.05, 3.63) is 95.1 Å². The highest BCUT2D eigenvalue weighted by atomic mass is 16.5. The van der Waals surface area contributed by atoms with Gasteiger partial charge in [0.05, 0.1) is 0 Å². The van der Waals surface area contributed by atoms with Crippen LogP contribution in [-0.4, -0.2) is 5.91 Å². The number of benzene rings is 3. The quantitative estimate of drug-likeness (QED) is 0.274. The van der Waals surface area contributed by atoms with Crippen molar-refractivity contribution in [2.24, 2.45) is 5.73 Å². The first-order chi connectivity index (χ1) is 16.8. The minimum atomic E-state index is -0.419. The summed E-state index contributed by atoms with van der Waals surface area (Å²) in [5.41, 5.74) is 9.55. The summed E-state index contributed by atoms with van der Waals surface area (Å²) < 4.78 is 12.4. The van der Waals surface area contributed by atoms with Crippen molar-refractivity contribution >= 4 is 5.91 Å². The number of ether oxygens (including phenoxy) is 2. The third-order valence-corrected chi connectivity index (χ3v) is 6.21. The second-order valence-corrected chi connectivity index (χ2v) is 10.1. The van der Waals surface area contributed by atoms with Gasteiger partial charge in [-0.3, -0.25) is 4.79 Å². The number of carbonyl (C=O) groups is 1. The number of primary amides is 1. The lowest BCUT2D eigenvalue weighted by Gasteiger charge is -2.20. The van der Waals surface area contributed by atoms with Crippen LogP contribution in [0.15, 0.2) is 72.8 Å². The minimum Gasteiger partial charge on any atom is -0.489 e. The van der Waals surface area contributed by atoms with Gasteiger partial charge < -0.3 is 15.2 Å². The van der Waals surface area contributed by atoms with E-state index in [0.717, 1.165) is 35.5 Å². The van der Waals surface area contributed by atoms with Crippen LogP contribution in [-0.2, 0) is 12.0 Å². The molecule has 2 N–H and O–H groups in total. The molecule has 0 aromatic heterocycles. The van der Waals surface area contributed by atoms with Crippen molar-refractivity contribution in [2.45, 2.75) is 77.9 Å². The lowest BCUT2D eigenvalue weighted by molar-refractivity contribution is 0.1000. The fraction of sp³-hybridized carbons (Fsp3) is 0.387. The molecule has 1 amide bonds. The summed E-state index contributed by atoms with van der Waals surface area (Å²) in [5, 5.41) is 0. The van der Waals surface area contributed by atoms with Gasteiger partial charge in [0, 0.05) is 5.56 Å². The van der Waals surface area contributed by atoms with Gasteiger partial charge in [-0.25, -0.2) is 0 Å². The van der Waals surface area contributed by atoms with Crippen molar-refractivity contribution in [2.75, 3.05) is 0 Å².